The van der Waals surface area contributed by atoms with Gasteiger partial charge in [-0.05, 0) is 12.5 Å². The van der Waals surface area contributed by atoms with Gasteiger partial charge in [0.25, 0.3) is 0 Å². The molecule has 8 heteroatoms. The summed E-state index contributed by atoms with van der Waals surface area (Å²) < 4.78 is 0. The largest absolute Gasteiger partial charge is 0.480 e. The number of allylic oxidation sites excluding steroid dienone is 3. The van der Waals surface area contributed by atoms with Gasteiger partial charge >= 0.3 is 12.0 Å². The van der Waals surface area contributed by atoms with Gasteiger partial charge in [-0.15, -0.1) is 0 Å². The molecule has 1 unspecified atom stereocenters. The number of fused-ring (bicyclic) bond motifs is 1. The molecule has 22 heavy (non-hydrogen) atoms. The summed E-state index contributed by atoms with van der Waals surface area (Å²) in [5, 5.41) is 10.6. The number of imide groups is 1. The van der Waals surface area contributed by atoms with Crippen molar-refractivity contribution in [3.63, 3.8) is 0 Å². The van der Waals surface area contributed by atoms with E-state index in [0.717, 1.165) is 4.90 Å². The van der Waals surface area contributed by atoms with E-state index in [1.165, 1.54) is 0 Å². The fourth-order valence-electron chi connectivity index (χ4n) is 2.15. The molecule has 0 aromatic carbocycles. The van der Waals surface area contributed by atoms with E-state index in [-0.39, 0.29) is 25.3 Å². The van der Waals surface area contributed by atoms with Crippen molar-refractivity contribution in [1.29, 1.82) is 0 Å². The number of hydrogen-bond acceptors (Lipinski definition) is 4. The molecule has 2 aliphatic rings. The van der Waals surface area contributed by atoms with Crippen LogP contribution in [0.4, 0.5) is 4.79 Å². The average Bonchev–Trinajstić information content (AvgIpc) is 2.48. The number of rotatable bonds is 6. The molecule has 0 saturated heterocycles. The fraction of sp³-hybridized carbons (Fsp3) is 0.357. The third-order valence-corrected chi connectivity index (χ3v) is 3.21. The second kappa shape index (κ2) is 6.79. The lowest BCUT2D eigenvalue weighted by molar-refractivity contribution is -0.137. The zero-order chi connectivity index (χ0) is 16.1. The van der Waals surface area contributed by atoms with Crippen LogP contribution in [0.15, 0.2) is 29.3 Å². The van der Waals surface area contributed by atoms with Crippen LogP contribution in [-0.4, -0.2) is 52.6 Å². The number of aliphatic carboxylic acids is 1. The van der Waals surface area contributed by atoms with Gasteiger partial charge in [0, 0.05) is 13.0 Å². The van der Waals surface area contributed by atoms with Crippen LogP contribution in [0.25, 0.3) is 0 Å². The maximum atomic E-state index is 12.2. The summed E-state index contributed by atoms with van der Waals surface area (Å²) in [6.45, 7) is -0.379. The van der Waals surface area contributed by atoms with Gasteiger partial charge in [-0.3, -0.25) is 19.3 Å². The Bertz CT molecular complexity index is 606. The van der Waals surface area contributed by atoms with Crippen LogP contribution in [-0.2, 0) is 14.4 Å². The van der Waals surface area contributed by atoms with E-state index >= 15 is 0 Å². The van der Waals surface area contributed by atoms with Gasteiger partial charge in [0.1, 0.15) is 6.54 Å². The molecule has 116 valence electrons. The van der Waals surface area contributed by atoms with Crippen molar-refractivity contribution in [2.45, 2.75) is 12.8 Å². The summed E-state index contributed by atoms with van der Waals surface area (Å²) >= 11 is 0. The average molecular weight is 305 g/mol. The van der Waals surface area contributed by atoms with Crippen molar-refractivity contribution in [3.05, 3.63) is 24.3 Å². The van der Waals surface area contributed by atoms with Crippen molar-refractivity contribution in [3.8, 4) is 0 Å². The highest BCUT2D eigenvalue weighted by Crippen LogP contribution is 2.19. The first-order valence-corrected chi connectivity index (χ1v) is 6.76. The highest BCUT2D eigenvalue weighted by molar-refractivity contribution is 6.21. The van der Waals surface area contributed by atoms with Crippen LogP contribution in [0, 0.1) is 5.92 Å². The first kappa shape index (κ1) is 15.6. The molecule has 2 N–H and O–H groups in total. The Morgan fingerprint density at radius 3 is 2.82 bits per heavy atom. The number of carbonyl (C=O) groups excluding carboxylic acids is 3. The number of hydrogen-bond donors (Lipinski definition) is 2. The maximum absolute atomic E-state index is 12.2. The van der Waals surface area contributed by atoms with Crippen molar-refractivity contribution < 1.29 is 24.3 Å². The number of carbonyl (C=O) groups is 4. The minimum absolute atomic E-state index is 0.0291. The number of nitrogens with zero attached hydrogens (tertiary/aromatic N) is 2. The molecule has 0 spiro atoms. The minimum Gasteiger partial charge on any atom is -0.480 e. The normalized spacial score (nSPS) is 19.7. The fourth-order valence-corrected chi connectivity index (χ4v) is 2.15. The molecular weight excluding hydrogens is 290 g/mol. The summed E-state index contributed by atoms with van der Waals surface area (Å²) in [7, 11) is 0. The van der Waals surface area contributed by atoms with Gasteiger partial charge in [0.2, 0.25) is 11.8 Å². The molecule has 1 atom stereocenters. The SMILES string of the molecule is O=C(O)CNC(=O)CCCN1C(=O)N=C2C=CC=CC2C1=O. The standard InChI is InChI=1S/C14H15N3O5/c18-11(15-8-12(19)20)6-3-7-17-13(21)9-4-1-2-5-10(9)16-14(17)22/h1-2,4-5,9H,3,6-8H2,(H,15,18)(H,19,20). The zero-order valence-corrected chi connectivity index (χ0v) is 11.7. The van der Waals surface area contributed by atoms with Crippen molar-refractivity contribution in [2.75, 3.05) is 13.1 Å². The minimum atomic E-state index is -1.13. The lowest BCUT2D eigenvalue weighted by Gasteiger charge is -2.28. The number of carboxylic acid groups (broad SMARTS) is 1. The number of urea groups is 1. The van der Waals surface area contributed by atoms with Gasteiger partial charge in [-0.2, -0.15) is 4.99 Å². The smallest absolute Gasteiger partial charge is 0.350 e. The van der Waals surface area contributed by atoms with Crippen LogP contribution < -0.4 is 5.32 Å². The predicted octanol–water partition coefficient (Wildman–Crippen LogP) is 0.113. The molecule has 0 aromatic rings. The van der Waals surface area contributed by atoms with Crippen LogP contribution in [0.2, 0.25) is 0 Å². The van der Waals surface area contributed by atoms with E-state index in [4.69, 9.17) is 5.11 Å². The van der Waals surface area contributed by atoms with Crippen molar-refractivity contribution in [1.82, 2.24) is 10.2 Å². The van der Waals surface area contributed by atoms with Crippen LogP contribution in [0.5, 0.6) is 0 Å². The van der Waals surface area contributed by atoms with Crippen LogP contribution in [0.3, 0.4) is 0 Å². The summed E-state index contributed by atoms with van der Waals surface area (Å²) in [6.07, 6.45) is 6.99. The third kappa shape index (κ3) is 3.66. The third-order valence-electron chi connectivity index (χ3n) is 3.21. The van der Waals surface area contributed by atoms with E-state index in [2.05, 4.69) is 10.3 Å². The number of amides is 4. The molecule has 1 heterocycles. The molecular formula is C14H15N3O5. The Hall–Kier alpha value is -2.77. The second-order valence-corrected chi connectivity index (χ2v) is 4.80. The summed E-state index contributed by atoms with van der Waals surface area (Å²) in [6, 6.07) is -0.637. The topological polar surface area (TPSA) is 116 Å². The molecule has 0 saturated carbocycles. The van der Waals surface area contributed by atoms with Gasteiger partial charge in [0.05, 0.1) is 11.6 Å². The maximum Gasteiger partial charge on any atom is 0.350 e. The number of nitrogens with one attached hydrogen (secondary N) is 1. The molecule has 8 nitrogen and oxygen atoms in total. The molecule has 4 amide bonds. The first-order chi connectivity index (χ1) is 10.5. The molecule has 1 aliphatic heterocycles. The molecule has 0 aromatic heterocycles. The molecule has 0 fully saturated rings. The molecule has 0 bridgehead atoms. The van der Waals surface area contributed by atoms with E-state index < -0.39 is 30.4 Å². The Morgan fingerprint density at radius 1 is 1.32 bits per heavy atom. The summed E-state index contributed by atoms with van der Waals surface area (Å²) in [5.41, 5.74) is 0.424. The highest BCUT2D eigenvalue weighted by Gasteiger charge is 2.35. The zero-order valence-electron chi connectivity index (χ0n) is 11.7. The molecule has 0 radical (unpaired) electrons. The van der Waals surface area contributed by atoms with E-state index in [9.17, 15) is 19.2 Å². The quantitative estimate of drug-likeness (QED) is 0.722. The van der Waals surface area contributed by atoms with Gasteiger partial charge in [-0.25, -0.2) is 4.79 Å². The lowest BCUT2D eigenvalue weighted by atomic mass is 9.95. The lowest BCUT2D eigenvalue weighted by Crippen LogP contribution is -2.46. The van der Waals surface area contributed by atoms with E-state index in [0.29, 0.717) is 5.71 Å². The van der Waals surface area contributed by atoms with Crippen LogP contribution in [0.1, 0.15) is 12.8 Å². The number of carboxylic acids is 1. The number of aliphatic imine (C=N–C) groups is 1. The monoisotopic (exact) mass is 305 g/mol. The molecule has 1 aliphatic carbocycles. The van der Waals surface area contributed by atoms with Crippen LogP contribution >= 0.6 is 0 Å². The van der Waals surface area contributed by atoms with E-state index in [1.807, 2.05) is 0 Å². The van der Waals surface area contributed by atoms with Gasteiger partial charge in [-0.1, -0.05) is 18.2 Å². The summed E-state index contributed by atoms with van der Waals surface area (Å²) in [5.74, 6) is -2.48. The van der Waals surface area contributed by atoms with Crippen molar-refractivity contribution in [2.24, 2.45) is 10.9 Å². The second-order valence-electron chi connectivity index (χ2n) is 4.80. The first-order valence-electron chi connectivity index (χ1n) is 6.76. The van der Waals surface area contributed by atoms with Crippen molar-refractivity contribution >= 4 is 29.5 Å². The van der Waals surface area contributed by atoms with Gasteiger partial charge < -0.3 is 10.4 Å². The predicted molar refractivity (Wildman–Crippen MR) is 76.2 cm³/mol. The van der Waals surface area contributed by atoms with Gasteiger partial charge in [0.15, 0.2) is 0 Å². The Labute approximate surface area is 126 Å². The summed E-state index contributed by atoms with van der Waals surface area (Å²) in [4.78, 5) is 50.6. The Kier molecular flexibility index (Phi) is 4.82. The Balaban J connectivity index is 1.87. The Morgan fingerprint density at radius 2 is 2.09 bits per heavy atom. The highest BCUT2D eigenvalue weighted by atomic mass is 16.4. The van der Waals surface area contributed by atoms with E-state index in [1.54, 1.807) is 24.3 Å². The molecule has 2 rings (SSSR count).